The molecule has 0 aromatic heterocycles. The van der Waals surface area contributed by atoms with Crippen molar-refractivity contribution in [2.24, 2.45) is 0 Å². The third-order valence-electron chi connectivity index (χ3n) is 3.32. The fourth-order valence-electron chi connectivity index (χ4n) is 2.22. The summed E-state index contributed by atoms with van der Waals surface area (Å²) in [5.74, 6) is 0.625. The van der Waals surface area contributed by atoms with E-state index in [0.717, 1.165) is 18.1 Å². The average Bonchev–Trinajstić information content (AvgIpc) is 2.38. The van der Waals surface area contributed by atoms with Crippen molar-refractivity contribution in [1.29, 1.82) is 0 Å². The topological polar surface area (TPSA) is 12.0 Å². The molecule has 1 rings (SSSR count). The fourth-order valence-corrected chi connectivity index (χ4v) is 2.34. The molecule has 1 unspecified atom stereocenters. The maximum atomic E-state index is 5.95. The van der Waals surface area contributed by atoms with Gasteiger partial charge in [-0.1, -0.05) is 56.8 Å². The number of hydrogen-bond acceptors (Lipinski definition) is 1. The van der Waals surface area contributed by atoms with E-state index in [4.69, 9.17) is 11.6 Å². The van der Waals surface area contributed by atoms with Gasteiger partial charge >= 0.3 is 0 Å². The van der Waals surface area contributed by atoms with Crippen molar-refractivity contribution in [3.05, 3.63) is 34.9 Å². The molecule has 0 spiro atoms. The lowest BCUT2D eigenvalue weighted by atomic mass is 9.93. The van der Waals surface area contributed by atoms with Crippen LogP contribution in [-0.2, 0) is 0 Å². The Labute approximate surface area is 117 Å². The van der Waals surface area contributed by atoms with Crippen LogP contribution in [0.4, 0.5) is 0 Å². The molecule has 18 heavy (non-hydrogen) atoms. The third kappa shape index (κ3) is 5.88. The van der Waals surface area contributed by atoms with Crippen molar-refractivity contribution in [1.82, 2.24) is 5.32 Å². The van der Waals surface area contributed by atoms with Crippen LogP contribution in [0.25, 0.3) is 0 Å². The molecule has 1 aromatic carbocycles. The Kier molecular flexibility index (Phi) is 8.11. The van der Waals surface area contributed by atoms with Crippen LogP contribution < -0.4 is 5.32 Å². The van der Waals surface area contributed by atoms with Gasteiger partial charge in [0.25, 0.3) is 0 Å². The molecule has 102 valence electrons. The van der Waals surface area contributed by atoms with Crippen molar-refractivity contribution in [2.45, 2.75) is 51.9 Å². The van der Waals surface area contributed by atoms with Crippen molar-refractivity contribution in [2.75, 3.05) is 13.1 Å². The van der Waals surface area contributed by atoms with Gasteiger partial charge in [-0.05, 0) is 43.0 Å². The highest BCUT2D eigenvalue weighted by atomic mass is 35.5. The first-order valence-corrected chi connectivity index (χ1v) is 7.61. The second-order valence-electron chi connectivity index (χ2n) is 4.95. The van der Waals surface area contributed by atoms with Gasteiger partial charge in [-0.2, -0.15) is 0 Å². The fraction of sp³-hybridized carbons (Fsp3) is 0.625. The Bertz CT molecular complexity index is 297. The van der Waals surface area contributed by atoms with Crippen LogP contribution in [0.15, 0.2) is 24.3 Å². The van der Waals surface area contributed by atoms with Crippen LogP contribution in [0, 0.1) is 0 Å². The Balaban J connectivity index is 2.54. The first kappa shape index (κ1) is 15.5. The molecule has 0 amide bonds. The Morgan fingerprint density at radius 1 is 1.06 bits per heavy atom. The second-order valence-corrected chi connectivity index (χ2v) is 5.38. The highest BCUT2D eigenvalue weighted by Gasteiger charge is 2.10. The minimum Gasteiger partial charge on any atom is -0.316 e. The predicted octanol–water partition coefficient (Wildman–Crippen LogP) is 5.00. The van der Waals surface area contributed by atoms with Gasteiger partial charge in [-0.15, -0.1) is 0 Å². The van der Waals surface area contributed by atoms with Gasteiger partial charge in [-0.25, -0.2) is 0 Å². The van der Waals surface area contributed by atoms with Gasteiger partial charge in [0, 0.05) is 11.6 Å². The maximum Gasteiger partial charge on any atom is 0.0406 e. The molecule has 0 radical (unpaired) electrons. The van der Waals surface area contributed by atoms with Gasteiger partial charge < -0.3 is 5.32 Å². The van der Waals surface area contributed by atoms with Crippen molar-refractivity contribution in [3.8, 4) is 0 Å². The average molecular weight is 268 g/mol. The molecule has 0 saturated heterocycles. The molecule has 1 atom stereocenters. The third-order valence-corrected chi connectivity index (χ3v) is 3.57. The van der Waals surface area contributed by atoms with E-state index in [1.807, 2.05) is 12.1 Å². The summed E-state index contributed by atoms with van der Waals surface area (Å²) in [6, 6.07) is 8.35. The lowest BCUT2D eigenvalue weighted by molar-refractivity contribution is 0.519. The predicted molar refractivity (Wildman–Crippen MR) is 81.5 cm³/mol. The Morgan fingerprint density at radius 3 is 2.39 bits per heavy atom. The largest absolute Gasteiger partial charge is 0.316 e. The van der Waals surface area contributed by atoms with E-state index in [1.165, 1.54) is 37.7 Å². The minimum atomic E-state index is 0.625. The zero-order valence-corrected chi connectivity index (χ0v) is 12.5. The monoisotopic (exact) mass is 267 g/mol. The quantitative estimate of drug-likeness (QED) is 0.621. The summed E-state index contributed by atoms with van der Waals surface area (Å²) in [7, 11) is 0. The Morgan fingerprint density at radius 2 is 1.78 bits per heavy atom. The SMILES string of the molecule is CCCCCC(CNCCC)c1ccc(Cl)cc1. The van der Waals surface area contributed by atoms with E-state index >= 15 is 0 Å². The highest BCUT2D eigenvalue weighted by molar-refractivity contribution is 6.30. The van der Waals surface area contributed by atoms with E-state index in [1.54, 1.807) is 0 Å². The van der Waals surface area contributed by atoms with Gasteiger partial charge in [0.05, 0.1) is 0 Å². The van der Waals surface area contributed by atoms with E-state index in [0.29, 0.717) is 5.92 Å². The molecule has 0 fully saturated rings. The van der Waals surface area contributed by atoms with Crippen molar-refractivity contribution >= 4 is 11.6 Å². The summed E-state index contributed by atoms with van der Waals surface area (Å²) < 4.78 is 0. The molecule has 1 nitrogen and oxygen atoms in total. The molecule has 0 heterocycles. The summed E-state index contributed by atoms with van der Waals surface area (Å²) in [6.07, 6.45) is 6.40. The summed E-state index contributed by atoms with van der Waals surface area (Å²) in [5.41, 5.74) is 1.42. The Hall–Kier alpha value is -0.530. The number of hydrogen-bond donors (Lipinski definition) is 1. The minimum absolute atomic E-state index is 0.625. The molecule has 1 aromatic rings. The number of nitrogens with one attached hydrogen (secondary N) is 1. The van der Waals surface area contributed by atoms with E-state index in [-0.39, 0.29) is 0 Å². The molecule has 0 aliphatic carbocycles. The zero-order valence-electron chi connectivity index (χ0n) is 11.7. The molecule has 0 saturated carbocycles. The first-order chi connectivity index (χ1) is 8.77. The van der Waals surface area contributed by atoms with Gasteiger partial charge in [0.15, 0.2) is 0 Å². The lowest BCUT2D eigenvalue weighted by Crippen LogP contribution is -2.22. The zero-order chi connectivity index (χ0) is 13.2. The van der Waals surface area contributed by atoms with Crippen LogP contribution in [-0.4, -0.2) is 13.1 Å². The number of unbranched alkanes of at least 4 members (excludes halogenated alkanes) is 2. The van der Waals surface area contributed by atoms with Gasteiger partial charge in [-0.3, -0.25) is 0 Å². The highest BCUT2D eigenvalue weighted by Crippen LogP contribution is 2.23. The van der Waals surface area contributed by atoms with Crippen LogP contribution in [0.1, 0.15) is 57.4 Å². The number of benzene rings is 1. The van der Waals surface area contributed by atoms with E-state index < -0.39 is 0 Å². The molecule has 0 aliphatic heterocycles. The van der Waals surface area contributed by atoms with Crippen LogP contribution in [0.3, 0.4) is 0 Å². The molecular weight excluding hydrogens is 242 g/mol. The standard InChI is InChI=1S/C16H26ClN/c1-3-5-6-7-15(13-18-12-4-2)14-8-10-16(17)11-9-14/h8-11,15,18H,3-7,12-13H2,1-2H3. The van der Waals surface area contributed by atoms with Crippen LogP contribution >= 0.6 is 11.6 Å². The molecule has 1 N–H and O–H groups in total. The lowest BCUT2D eigenvalue weighted by Gasteiger charge is -2.18. The molecule has 0 bridgehead atoms. The first-order valence-electron chi connectivity index (χ1n) is 7.24. The summed E-state index contributed by atoms with van der Waals surface area (Å²) in [5, 5.41) is 4.37. The van der Waals surface area contributed by atoms with Crippen molar-refractivity contribution < 1.29 is 0 Å². The van der Waals surface area contributed by atoms with Crippen molar-refractivity contribution in [3.63, 3.8) is 0 Å². The van der Waals surface area contributed by atoms with Crippen LogP contribution in [0.5, 0.6) is 0 Å². The van der Waals surface area contributed by atoms with Gasteiger partial charge in [0.1, 0.15) is 0 Å². The second kappa shape index (κ2) is 9.41. The van der Waals surface area contributed by atoms with E-state index in [2.05, 4.69) is 31.3 Å². The number of halogens is 1. The molecular formula is C16H26ClN. The van der Waals surface area contributed by atoms with Gasteiger partial charge in [0.2, 0.25) is 0 Å². The summed E-state index contributed by atoms with van der Waals surface area (Å²) in [4.78, 5) is 0. The maximum absolute atomic E-state index is 5.95. The molecule has 0 aliphatic rings. The normalized spacial score (nSPS) is 12.6. The van der Waals surface area contributed by atoms with E-state index in [9.17, 15) is 0 Å². The smallest absolute Gasteiger partial charge is 0.0406 e. The number of rotatable bonds is 9. The summed E-state index contributed by atoms with van der Waals surface area (Å²) in [6.45, 7) is 6.66. The molecule has 2 heteroatoms. The summed E-state index contributed by atoms with van der Waals surface area (Å²) >= 11 is 5.95. The van der Waals surface area contributed by atoms with Crippen LogP contribution in [0.2, 0.25) is 5.02 Å².